The third-order valence-electron chi connectivity index (χ3n) is 2.72. The van der Waals surface area contributed by atoms with Crippen molar-refractivity contribution >= 4 is 0 Å². The van der Waals surface area contributed by atoms with Gasteiger partial charge in [0.1, 0.15) is 5.76 Å². The fourth-order valence-electron chi connectivity index (χ4n) is 1.84. The minimum absolute atomic E-state index is 0.357. The fraction of sp³-hybridized carbons (Fsp3) is 0.333. The summed E-state index contributed by atoms with van der Waals surface area (Å²) in [6.07, 6.45) is 11.9. The molecule has 2 aliphatic carbocycles. The van der Waals surface area contributed by atoms with E-state index in [4.69, 9.17) is 0 Å². The van der Waals surface area contributed by atoms with Gasteiger partial charge in [0, 0.05) is 12.3 Å². The summed E-state index contributed by atoms with van der Waals surface area (Å²) in [6.45, 7) is 0. The molecule has 0 heterocycles. The average molecular weight is 190 g/mol. The van der Waals surface area contributed by atoms with Crippen molar-refractivity contribution < 1.29 is 10.2 Å². The number of rotatable bonds is 1. The number of allylic oxidation sites excluding steroid dienone is 7. The Morgan fingerprint density at radius 3 is 2.57 bits per heavy atom. The molecule has 1 unspecified atom stereocenters. The summed E-state index contributed by atoms with van der Waals surface area (Å²) in [4.78, 5) is 0. The fourth-order valence-corrected chi connectivity index (χ4v) is 1.84. The van der Waals surface area contributed by atoms with Gasteiger partial charge in [0.25, 0.3) is 0 Å². The van der Waals surface area contributed by atoms with Gasteiger partial charge in [-0.25, -0.2) is 0 Å². The largest absolute Gasteiger partial charge is 0.512 e. The molecule has 0 amide bonds. The lowest BCUT2D eigenvalue weighted by molar-refractivity contribution is 0.382. The van der Waals surface area contributed by atoms with Crippen LogP contribution in [0.5, 0.6) is 0 Å². The van der Waals surface area contributed by atoms with Gasteiger partial charge in [0.2, 0.25) is 0 Å². The van der Waals surface area contributed by atoms with Crippen LogP contribution >= 0.6 is 0 Å². The van der Waals surface area contributed by atoms with E-state index in [0.29, 0.717) is 17.4 Å². The van der Waals surface area contributed by atoms with Crippen molar-refractivity contribution in [2.75, 3.05) is 0 Å². The molecule has 2 nitrogen and oxygen atoms in total. The molecule has 2 rings (SSSR count). The zero-order chi connectivity index (χ0) is 9.97. The second-order valence-electron chi connectivity index (χ2n) is 3.73. The molecule has 2 heteroatoms. The van der Waals surface area contributed by atoms with Crippen molar-refractivity contribution in [2.45, 2.75) is 19.3 Å². The molecule has 0 radical (unpaired) electrons. The van der Waals surface area contributed by atoms with E-state index >= 15 is 0 Å². The first-order valence-electron chi connectivity index (χ1n) is 4.91. The van der Waals surface area contributed by atoms with Crippen molar-refractivity contribution in [3.63, 3.8) is 0 Å². The summed E-state index contributed by atoms with van der Waals surface area (Å²) in [5.74, 6) is 1.22. The van der Waals surface area contributed by atoms with Gasteiger partial charge in [0.15, 0.2) is 0 Å². The summed E-state index contributed by atoms with van der Waals surface area (Å²) in [5.41, 5.74) is 1.34. The van der Waals surface area contributed by atoms with Crippen LogP contribution in [0.3, 0.4) is 0 Å². The third kappa shape index (κ3) is 1.90. The molecule has 1 atom stereocenters. The van der Waals surface area contributed by atoms with E-state index < -0.39 is 0 Å². The van der Waals surface area contributed by atoms with Gasteiger partial charge in [-0.3, -0.25) is 0 Å². The molecular weight excluding hydrogens is 176 g/mol. The SMILES string of the molecule is OC1=CCC(C2=CC=C(O)CC2)C=C1. The summed E-state index contributed by atoms with van der Waals surface area (Å²) in [5, 5.41) is 18.4. The van der Waals surface area contributed by atoms with E-state index in [2.05, 4.69) is 0 Å². The maximum Gasteiger partial charge on any atom is 0.111 e. The first-order chi connectivity index (χ1) is 6.75. The number of aliphatic hydroxyl groups excluding tert-OH is 2. The first kappa shape index (κ1) is 9.13. The predicted molar refractivity (Wildman–Crippen MR) is 56.0 cm³/mol. The molecular formula is C12H14O2. The van der Waals surface area contributed by atoms with Gasteiger partial charge < -0.3 is 10.2 Å². The van der Waals surface area contributed by atoms with Crippen molar-refractivity contribution in [1.29, 1.82) is 0 Å². The van der Waals surface area contributed by atoms with Gasteiger partial charge in [0.05, 0.1) is 5.76 Å². The Bertz CT molecular complexity index is 345. The Balaban J connectivity index is 2.08. The highest BCUT2D eigenvalue weighted by Crippen LogP contribution is 2.29. The van der Waals surface area contributed by atoms with Crippen LogP contribution in [0.1, 0.15) is 19.3 Å². The zero-order valence-electron chi connectivity index (χ0n) is 7.98. The van der Waals surface area contributed by atoms with Gasteiger partial charge >= 0.3 is 0 Å². The second-order valence-corrected chi connectivity index (χ2v) is 3.73. The standard InChI is InChI=1S/C12H14O2/c13-11-5-1-9(2-6-11)10-3-7-12(14)8-4-10/h1,3,5-7,9,13-14H,2,4,8H2. The summed E-state index contributed by atoms with van der Waals surface area (Å²) >= 11 is 0. The molecule has 74 valence electrons. The van der Waals surface area contributed by atoms with Crippen LogP contribution < -0.4 is 0 Å². The Hall–Kier alpha value is -1.44. The number of aliphatic hydroxyl groups is 2. The average Bonchev–Trinajstić information content (AvgIpc) is 2.21. The lowest BCUT2D eigenvalue weighted by atomic mass is 9.87. The summed E-state index contributed by atoms with van der Waals surface area (Å²) in [7, 11) is 0. The molecule has 0 saturated carbocycles. The molecule has 0 aromatic carbocycles. The Morgan fingerprint density at radius 1 is 1.14 bits per heavy atom. The topological polar surface area (TPSA) is 40.5 Å². The van der Waals surface area contributed by atoms with Crippen LogP contribution in [-0.4, -0.2) is 10.2 Å². The van der Waals surface area contributed by atoms with E-state index in [0.717, 1.165) is 19.3 Å². The van der Waals surface area contributed by atoms with E-state index in [1.165, 1.54) is 5.57 Å². The Labute approximate surface area is 83.6 Å². The molecule has 0 aliphatic heterocycles. The van der Waals surface area contributed by atoms with Gasteiger partial charge in [-0.2, -0.15) is 0 Å². The van der Waals surface area contributed by atoms with Crippen LogP contribution in [-0.2, 0) is 0 Å². The second kappa shape index (κ2) is 3.74. The first-order valence-corrected chi connectivity index (χ1v) is 4.91. The minimum atomic E-state index is 0.357. The number of hydrogen-bond acceptors (Lipinski definition) is 2. The van der Waals surface area contributed by atoms with Crippen LogP contribution in [0.2, 0.25) is 0 Å². The monoisotopic (exact) mass is 190 g/mol. The van der Waals surface area contributed by atoms with Gasteiger partial charge in [-0.05, 0) is 31.1 Å². The molecule has 2 aliphatic rings. The zero-order valence-corrected chi connectivity index (χ0v) is 7.98. The molecule has 2 N–H and O–H groups in total. The highest BCUT2D eigenvalue weighted by Gasteiger charge is 2.15. The van der Waals surface area contributed by atoms with E-state index in [1.807, 2.05) is 18.2 Å². The van der Waals surface area contributed by atoms with Crippen LogP contribution in [0, 0.1) is 5.92 Å². The Morgan fingerprint density at radius 2 is 2.00 bits per heavy atom. The molecule has 0 bridgehead atoms. The third-order valence-corrected chi connectivity index (χ3v) is 2.72. The highest BCUT2D eigenvalue weighted by molar-refractivity contribution is 5.29. The van der Waals surface area contributed by atoms with Crippen LogP contribution in [0.4, 0.5) is 0 Å². The van der Waals surface area contributed by atoms with Crippen LogP contribution in [0.25, 0.3) is 0 Å². The maximum atomic E-state index is 9.21. The van der Waals surface area contributed by atoms with Crippen LogP contribution in [0.15, 0.2) is 47.5 Å². The smallest absolute Gasteiger partial charge is 0.111 e. The normalized spacial score (nSPS) is 26.6. The van der Waals surface area contributed by atoms with Crippen molar-refractivity contribution in [3.8, 4) is 0 Å². The van der Waals surface area contributed by atoms with E-state index in [-0.39, 0.29) is 0 Å². The minimum Gasteiger partial charge on any atom is -0.512 e. The van der Waals surface area contributed by atoms with E-state index in [1.54, 1.807) is 12.2 Å². The van der Waals surface area contributed by atoms with Gasteiger partial charge in [-0.15, -0.1) is 0 Å². The van der Waals surface area contributed by atoms with Crippen molar-refractivity contribution in [3.05, 3.63) is 47.5 Å². The lowest BCUT2D eigenvalue weighted by Crippen LogP contribution is -2.06. The summed E-state index contributed by atoms with van der Waals surface area (Å²) in [6, 6.07) is 0. The number of hydrogen-bond donors (Lipinski definition) is 2. The molecule has 0 aromatic rings. The van der Waals surface area contributed by atoms with Crippen molar-refractivity contribution in [1.82, 2.24) is 0 Å². The predicted octanol–water partition coefficient (Wildman–Crippen LogP) is 3.17. The summed E-state index contributed by atoms with van der Waals surface area (Å²) < 4.78 is 0. The molecule has 14 heavy (non-hydrogen) atoms. The lowest BCUT2D eigenvalue weighted by Gasteiger charge is -2.20. The van der Waals surface area contributed by atoms with Gasteiger partial charge in [-0.1, -0.05) is 17.7 Å². The van der Waals surface area contributed by atoms with Crippen molar-refractivity contribution in [2.24, 2.45) is 5.92 Å². The quantitative estimate of drug-likeness (QED) is 0.666. The Kier molecular flexibility index (Phi) is 2.44. The maximum absolute atomic E-state index is 9.21. The van der Waals surface area contributed by atoms with E-state index in [9.17, 15) is 10.2 Å². The molecule has 0 fully saturated rings. The molecule has 0 saturated heterocycles. The molecule has 0 spiro atoms. The highest BCUT2D eigenvalue weighted by atomic mass is 16.3. The molecule has 0 aromatic heterocycles.